The van der Waals surface area contributed by atoms with Crippen LogP contribution in [0.1, 0.15) is 30.9 Å². The average molecular weight is 277 g/mol. The Hall–Kier alpha value is -1.75. The predicted molar refractivity (Wildman–Crippen MR) is 72.8 cm³/mol. The molecule has 2 heterocycles. The van der Waals surface area contributed by atoms with E-state index in [1.807, 2.05) is 4.90 Å². The molecule has 5 nitrogen and oxygen atoms in total. The Morgan fingerprint density at radius 2 is 1.90 bits per heavy atom. The number of hydrogen-bond donors (Lipinski definition) is 1. The van der Waals surface area contributed by atoms with Crippen LogP contribution < -0.4 is 9.47 Å². The molecule has 1 saturated heterocycles. The van der Waals surface area contributed by atoms with E-state index < -0.39 is 6.10 Å². The van der Waals surface area contributed by atoms with Crippen LogP contribution >= 0.6 is 0 Å². The molecule has 2 aliphatic rings. The van der Waals surface area contributed by atoms with E-state index in [-0.39, 0.29) is 12.3 Å². The molecule has 0 unspecified atom stereocenters. The summed E-state index contributed by atoms with van der Waals surface area (Å²) in [5, 5.41) is 10.2. The first kappa shape index (κ1) is 13.2. The van der Waals surface area contributed by atoms with Crippen LogP contribution in [0.4, 0.5) is 0 Å². The molecule has 108 valence electrons. The van der Waals surface area contributed by atoms with Gasteiger partial charge in [0.2, 0.25) is 5.91 Å². The summed E-state index contributed by atoms with van der Waals surface area (Å²) in [6, 6.07) is 5.33. The van der Waals surface area contributed by atoms with Crippen molar-refractivity contribution in [3.05, 3.63) is 23.8 Å². The maximum Gasteiger partial charge on any atom is 0.225 e. The van der Waals surface area contributed by atoms with Gasteiger partial charge in [0.25, 0.3) is 0 Å². The van der Waals surface area contributed by atoms with E-state index in [4.69, 9.17) is 9.47 Å². The summed E-state index contributed by atoms with van der Waals surface area (Å²) >= 11 is 0. The molecule has 1 fully saturated rings. The summed E-state index contributed by atoms with van der Waals surface area (Å²) in [6.07, 6.45) is 1.45. The molecule has 1 aromatic carbocycles. The highest BCUT2D eigenvalue weighted by Gasteiger charge is 2.22. The zero-order valence-corrected chi connectivity index (χ0v) is 11.4. The number of fused-ring (bicyclic) bond motifs is 1. The molecular formula is C15H19NO4. The molecule has 0 spiro atoms. The molecule has 3 rings (SSSR count). The number of carbonyl (C=O) groups excluding carboxylic acids is 1. The van der Waals surface area contributed by atoms with Gasteiger partial charge in [-0.1, -0.05) is 6.07 Å². The minimum atomic E-state index is -0.793. The van der Waals surface area contributed by atoms with Crippen LogP contribution in [-0.2, 0) is 4.79 Å². The van der Waals surface area contributed by atoms with Crippen LogP contribution in [0.25, 0.3) is 0 Å². The third-order valence-corrected chi connectivity index (χ3v) is 3.78. The van der Waals surface area contributed by atoms with Crippen LogP contribution in [0.5, 0.6) is 11.5 Å². The molecule has 0 bridgehead atoms. The number of aliphatic hydroxyl groups excluding tert-OH is 1. The van der Waals surface area contributed by atoms with Gasteiger partial charge in [-0.05, 0) is 30.5 Å². The van der Waals surface area contributed by atoms with Crippen LogP contribution in [0, 0.1) is 0 Å². The smallest absolute Gasteiger partial charge is 0.225 e. The van der Waals surface area contributed by atoms with Gasteiger partial charge in [-0.3, -0.25) is 4.79 Å². The third-order valence-electron chi connectivity index (χ3n) is 3.78. The maximum absolute atomic E-state index is 12.0. The van der Waals surface area contributed by atoms with E-state index in [9.17, 15) is 9.90 Å². The first-order valence-corrected chi connectivity index (χ1v) is 7.09. The minimum Gasteiger partial charge on any atom is -0.486 e. The highest BCUT2D eigenvalue weighted by atomic mass is 16.6. The maximum atomic E-state index is 12.0. The molecule has 5 heteroatoms. The topological polar surface area (TPSA) is 59.0 Å². The molecule has 1 atom stereocenters. The van der Waals surface area contributed by atoms with Crippen molar-refractivity contribution in [2.75, 3.05) is 26.3 Å². The quantitative estimate of drug-likeness (QED) is 0.909. The lowest BCUT2D eigenvalue weighted by molar-refractivity contribution is -0.132. The lowest BCUT2D eigenvalue weighted by atomic mass is 10.1. The number of benzene rings is 1. The van der Waals surface area contributed by atoms with Crippen LogP contribution in [0.3, 0.4) is 0 Å². The van der Waals surface area contributed by atoms with E-state index in [2.05, 4.69) is 0 Å². The second-order valence-electron chi connectivity index (χ2n) is 5.21. The van der Waals surface area contributed by atoms with Crippen molar-refractivity contribution in [2.45, 2.75) is 25.4 Å². The van der Waals surface area contributed by atoms with E-state index >= 15 is 0 Å². The van der Waals surface area contributed by atoms with Crippen molar-refractivity contribution in [1.82, 2.24) is 4.90 Å². The first-order chi connectivity index (χ1) is 9.74. The molecule has 0 aromatic heterocycles. The molecule has 2 aliphatic heterocycles. The summed E-state index contributed by atoms with van der Waals surface area (Å²) in [5.74, 6) is 1.35. The number of amides is 1. The first-order valence-electron chi connectivity index (χ1n) is 7.09. The largest absolute Gasteiger partial charge is 0.486 e. The third kappa shape index (κ3) is 2.72. The normalized spacial score (nSPS) is 18.9. The van der Waals surface area contributed by atoms with Gasteiger partial charge in [0.05, 0.1) is 12.5 Å². The van der Waals surface area contributed by atoms with Gasteiger partial charge in [0.1, 0.15) is 13.2 Å². The molecule has 1 amide bonds. The Morgan fingerprint density at radius 1 is 1.20 bits per heavy atom. The molecule has 1 aromatic rings. The molecule has 0 radical (unpaired) electrons. The van der Waals surface area contributed by atoms with Gasteiger partial charge in [-0.25, -0.2) is 0 Å². The number of nitrogens with zero attached hydrogens (tertiary/aromatic N) is 1. The average Bonchev–Trinajstić information content (AvgIpc) is 3.01. The van der Waals surface area contributed by atoms with Crippen LogP contribution in [0.2, 0.25) is 0 Å². The van der Waals surface area contributed by atoms with Crippen LogP contribution in [-0.4, -0.2) is 42.2 Å². The predicted octanol–water partition coefficient (Wildman–Crippen LogP) is 1.50. The Balaban J connectivity index is 1.67. The molecular weight excluding hydrogens is 258 g/mol. The monoisotopic (exact) mass is 277 g/mol. The molecule has 20 heavy (non-hydrogen) atoms. The zero-order chi connectivity index (χ0) is 13.9. The van der Waals surface area contributed by atoms with E-state index in [0.717, 1.165) is 25.9 Å². The lowest BCUT2D eigenvalue weighted by Gasteiger charge is -2.21. The molecule has 0 saturated carbocycles. The summed E-state index contributed by atoms with van der Waals surface area (Å²) in [6.45, 7) is 2.68. The Labute approximate surface area is 118 Å². The van der Waals surface area contributed by atoms with Gasteiger partial charge in [0, 0.05) is 13.1 Å². The van der Waals surface area contributed by atoms with Crippen molar-refractivity contribution in [2.24, 2.45) is 0 Å². The molecule has 1 N–H and O–H groups in total. The summed E-state index contributed by atoms with van der Waals surface area (Å²) in [7, 11) is 0. The highest BCUT2D eigenvalue weighted by molar-refractivity contribution is 5.77. The standard InChI is InChI=1S/C15H19NO4/c17-12(10-15(18)16-5-1-2-6-16)11-3-4-13-14(9-11)20-8-7-19-13/h3-4,9,12,17H,1-2,5-8,10H2/t12-/m0/s1. The Morgan fingerprint density at radius 3 is 2.65 bits per heavy atom. The number of aliphatic hydroxyl groups is 1. The Kier molecular flexibility index (Phi) is 3.78. The SMILES string of the molecule is O=C(C[C@H](O)c1ccc2c(c1)OCCO2)N1CCCC1. The fraction of sp³-hybridized carbons (Fsp3) is 0.533. The van der Waals surface area contributed by atoms with Gasteiger partial charge >= 0.3 is 0 Å². The second kappa shape index (κ2) is 5.71. The van der Waals surface area contributed by atoms with Gasteiger partial charge in [-0.15, -0.1) is 0 Å². The highest BCUT2D eigenvalue weighted by Crippen LogP contribution is 2.33. The van der Waals surface area contributed by atoms with E-state index in [1.54, 1.807) is 18.2 Å². The fourth-order valence-electron chi connectivity index (χ4n) is 2.65. The molecule has 0 aliphatic carbocycles. The summed E-state index contributed by atoms with van der Waals surface area (Å²) in [4.78, 5) is 13.8. The minimum absolute atomic E-state index is 0.0184. The zero-order valence-electron chi connectivity index (χ0n) is 11.4. The lowest BCUT2D eigenvalue weighted by Crippen LogP contribution is -2.28. The van der Waals surface area contributed by atoms with Crippen LogP contribution in [0.15, 0.2) is 18.2 Å². The van der Waals surface area contributed by atoms with Crippen molar-refractivity contribution in [3.63, 3.8) is 0 Å². The number of likely N-dealkylation sites (tertiary alicyclic amines) is 1. The van der Waals surface area contributed by atoms with Gasteiger partial charge in [0.15, 0.2) is 11.5 Å². The second-order valence-corrected chi connectivity index (χ2v) is 5.21. The van der Waals surface area contributed by atoms with Crippen molar-refractivity contribution in [3.8, 4) is 11.5 Å². The van der Waals surface area contributed by atoms with Crippen molar-refractivity contribution < 1.29 is 19.4 Å². The van der Waals surface area contributed by atoms with Crippen molar-refractivity contribution in [1.29, 1.82) is 0 Å². The Bertz CT molecular complexity index is 497. The number of rotatable bonds is 3. The van der Waals surface area contributed by atoms with Gasteiger partial charge < -0.3 is 19.5 Å². The number of carbonyl (C=O) groups is 1. The fourth-order valence-corrected chi connectivity index (χ4v) is 2.65. The van der Waals surface area contributed by atoms with Crippen molar-refractivity contribution >= 4 is 5.91 Å². The van der Waals surface area contributed by atoms with E-state index in [1.165, 1.54) is 0 Å². The number of hydrogen-bond acceptors (Lipinski definition) is 4. The number of ether oxygens (including phenoxy) is 2. The van der Waals surface area contributed by atoms with E-state index in [0.29, 0.717) is 30.3 Å². The summed E-state index contributed by atoms with van der Waals surface area (Å²) < 4.78 is 10.9. The summed E-state index contributed by atoms with van der Waals surface area (Å²) in [5.41, 5.74) is 0.696. The van der Waals surface area contributed by atoms with Gasteiger partial charge in [-0.2, -0.15) is 0 Å².